The van der Waals surface area contributed by atoms with E-state index in [0.29, 0.717) is 12.2 Å². The zero-order chi connectivity index (χ0) is 24.5. The van der Waals surface area contributed by atoms with E-state index >= 15 is 0 Å². The van der Waals surface area contributed by atoms with Gasteiger partial charge in [0.15, 0.2) is 0 Å². The minimum absolute atomic E-state index is 0.122. The Morgan fingerprint density at radius 1 is 0.912 bits per heavy atom. The molecule has 6 heteroatoms. The van der Waals surface area contributed by atoms with Crippen molar-refractivity contribution in [3.05, 3.63) is 106 Å². The Labute approximate surface area is 205 Å². The molecule has 0 radical (unpaired) electrons. The fraction of sp³-hybridized carbons (Fsp3) is 0.286. The van der Waals surface area contributed by atoms with Crippen LogP contribution in [0.5, 0.6) is 0 Å². The number of amides is 2. The highest BCUT2D eigenvalue weighted by Crippen LogP contribution is 2.20. The molecule has 0 aliphatic rings. The van der Waals surface area contributed by atoms with Crippen LogP contribution in [-0.4, -0.2) is 35.6 Å². The van der Waals surface area contributed by atoms with Crippen LogP contribution in [0, 0.1) is 19.7 Å². The van der Waals surface area contributed by atoms with Gasteiger partial charge in [-0.1, -0.05) is 71.8 Å². The number of hydrogen-bond acceptors (Lipinski definition) is 3. The van der Waals surface area contributed by atoms with Crippen molar-refractivity contribution in [2.75, 3.05) is 12.8 Å². The number of nitrogens with zero attached hydrogens (tertiary/aromatic N) is 1. The van der Waals surface area contributed by atoms with Crippen LogP contribution >= 0.6 is 11.8 Å². The number of nitrogens with one attached hydrogen (secondary N) is 1. The van der Waals surface area contributed by atoms with Gasteiger partial charge >= 0.3 is 0 Å². The van der Waals surface area contributed by atoms with E-state index in [9.17, 15) is 14.0 Å². The molecule has 0 heterocycles. The van der Waals surface area contributed by atoms with Crippen molar-refractivity contribution in [2.45, 2.75) is 38.6 Å². The van der Waals surface area contributed by atoms with E-state index < -0.39 is 6.04 Å². The van der Waals surface area contributed by atoms with Gasteiger partial charge in [0.1, 0.15) is 11.9 Å². The maximum Gasteiger partial charge on any atom is 0.242 e. The Morgan fingerprint density at radius 3 is 2.18 bits per heavy atom. The number of likely N-dealkylation sites (N-methyl/N-ethyl adjacent to an activating group) is 1. The Morgan fingerprint density at radius 2 is 1.56 bits per heavy atom. The van der Waals surface area contributed by atoms with Crippen LogP contribution in [0.3, 0.4) is 0 Å². The van der Waals surface area contributed by atoms with Crippen LogP contribution < -0.4 is 5.32 Å². The number of hydrogen-bond donors (Lipinski definition) is 1. The Balaban J connectivity index is 1.80. The topological polar surface area (TPSA) is 49.4 Å². The zero-order valence-corrected chi connectivity index (χ0v) is 20.7. The number of thioether (sulfide) groups is 1. The summed E-state index contributed by atoms with van der Waals surface area (Å²) in [6, 6.07) is 21.4. The van der Waals surface area contributed by atoms with Crippen LogP contribution in [0.2, 0.25) is 0 Å². The van der Waals surface area contributed by atoms with E-state index in [0.717, 1.165) is 11.1 Å². The molecule has 1 N–H and O–H groups in total. The molecule has 3 aromatic carbocycles. The molecule has 0 saturated heterocycles. The quantitative estimate of drug-likeness (QED) is 0.443. The number of rotatable bonds is 10. The normalized spacial score (nSPS) is 11.6. The lowest BCUT2D eigenvalue weighted by molar-refractivity contribution is -0.139. The van der Waals surface area contributed by atoms with E-state index in [1.165, 1.54) is 40.6 Å². The summed E-state index contributed by atoms with van der Waals surface area (Å²) < 4.78 is 13.4. The molecule has 0 aliphatic heterocycles. The van der Waals surface area contributed by atoms with Crippen molar-refractivity contribution >= 4 is 23.6 Å². The molecule has 0 fully saturated rings. The summed E-state index contributed by atoms with van der Waals surface area (Å²) in [6.07, 6.45) is 0.398. The maximum absolute atomic E-state index is 13.4. The molecule has 0 spiro atoms. The summed E-state index contributed by atoms with van der Waals surface area (Å²) in [4.78, 5) is 28.0. The average Bonchev–Trinajstić information content (AvgIpc) is 2.82. The molecule has 34 heavy (non-hydrogen) atoms. The number of aryl methyl sites for hydroxylation is 2. The van der Waals surface area contributed by atoms with Gasteiger partial charge in [0.05, 0.1) is 5.75 Å². The maximum atomic E-state index is 13.4. The smallest absolute Gasteiger partial charge is 0.242 e. The molecular weight excluding hydrogens is 447 g/mol. The summed E-state index contributed by atoms with van der Waals surface area (Å²) in [5.41, 5.74) is 5.31. The van der Waals surface area contributed by atoms with E-state index in [1.54, 1.807) is 24.1 Å². The highest BCUT2D eigenvalue weighted by Gasteiger charge is 2.29. The van der Waals surface area contributed by atoms with Gasteiger partial charge in [0, 0.05) is 25.8 Å². The first-order valence-corrected chi connectivity index (χ1v) is 12.5. The van der Waals surface area contributed by atoms with Gasteiger partial charge < -0.3 is 10.2 Å². The van der Waals surface area contributed by atoms with E-state index in [1.807, 2.05) is 30.3 Å². The first-order chi connectivity index (χ1) is 16.4. The lowest BCUT2D eigenvalue weighted by Gasteiger charge is -2.31. The van der Waals surface area contributed by atoms with Gasteiger partial charge in [0.25, 0.3) is 0 Å². The molecule has 0 saturated carbocycles. The SMILES string of the molecule is CNC(=O)[C@@H](Cc1ccccc1)N(Cc1ccc(F)cc1)C(=O)CSCc1cc(C)cc(C)c1. The molecule has 0 aromatic heterocycles. The van der Waals surface area contributed by atoms with Crippen LogP contribution in [0.25, 0.3) is 0 Å². The van der Waals surface area contributed by atoms with Crippen LogP contribution in [0.4, 0.5) is 4.39 Å². The van der Waals surface area contributed by atoms with E-state index in [-0.39, 0.29) is 29.9 Å². The van der Waals surface area contributed by atoms with Crippen molar-refractivity contribution in [1.29, 1.82) is 0 Å². The van der Waals surface area contributed by atoms with Crippen molar-refractivity contribution in [3.63, 3.8) is 0 Å². The fourth-order valence-corrected chi connectivity index (χ4v) is 4.84. The second-order valence-corrected chi connectivity index (χ2v) is 9.44. The third-order valence-corrected chi connectivity index (χ3v) is 6.55. The van der Waals surface area contributed by atoms with Gasteiger partial charge in [-0.15, -0.1) is 11.8 Å². The fourth-order valence-electron chi connectivity index (χ4n) is 4.00. The Hall–Kier alpha value is -3.12. The number of halogens is 1. The summed E-state index contributed by atoms with van der Waals surface area (Å²) in [5, 5.41) is 2.71. The number of carbonyl (C=O) groups is 2. The minimum atomic E-state index is -0.674. The third-order valence-electron chi connectivity index (χ3n) is 5.56. The number of carbonyl (C=O) groups excluding carboxylic acids is 2. The Kier molecular flexibility index (Phi) is 9.28. The van der Waals surface area contributed by atoms with Crippen molar-refractivity contribution in [1.82, 2.24) is 10.2 Å². The van der Waals surface area contributed by atoms with Gasteiger partial charge in [-0.05, 0) is 42.7 Å². The molecule has 2 amide bonds. The summed E-state index contributed by atoms with van der Waals surface area (Å²) in [7, 11) is 1.58. The predicted molar refractivity (Wildman–Crippen MR) is 137 cm³/mol. The van der Waals surface area contributed by atoms with Gasteiger partial charge in [-0.25, -0.2) is 4.39 Å². The first-order valence-electron chi connectivity index (χ1n) is 11.3. The highest BCUT2D eigenvalue weighted by molar-refractivity contribution is 7.99. The average molecular weight is 479 g/mol. The Bertz CT molecular complexity index is 1080. The highest BCUT2D eigenvalue weighted by atomic mass is 32.2. The molecule has 4 nitrogen and oxygen atoms in total. The van der Waals surface area contributed by atoms with Crippen molar-refractivity contribution in [2.24, 2.45) is 0 Å². The van der Waals surface area contributed by atoms with Crippen molar-refractivity contribution < 1.29 is 14.0 Å². The molecule has 0 aliphatic carbocycles. The first kappa shape index (κ1) is 25.5. The lowest BCUT2D eigenvalue weighted by atomic mass is 10.0. The van der Waals surface area contributed by atoms with Gasteiger partial charge in [0.2, 0.25) is 11.8 Å². The van der Waals surface area contributed by atoms with Gasteiger partial charge in [-0.2, -0.15) is 0 Å². The molecular formula is C28H31FN2O2S. The van der Waals surface area contributed by atoms with E-state index in [4.69, 9.17) is 0 Å². The second-order valence-electron chi connectivity index (χ2n) is 8.46. The molecule has 0 unspecified atom stereocenters. The third kappa shape index (κ3) is 7.45. The standard InChI is InChI=1S/C28H31FN2O2S/c1-20-13-21(2)15-24(14-20)18-34-19-27(32)31(17-23-9-11-25(29)12-10-23)26(28(33)30-3)16-22-7-5-4-6-8-22/h4-15,26H,16-19H2,1-3H3,(H,30,33)/t26-/m1/s1. The predicted octanol–water partition coefficient (Wildman–Crippen LogP) is 5.06. The molecule has 3 aromatic rings. The summed E-state index contributed by atoms with van der Waals surface area (Å²) in [5.74, 6) is 0.276. The van der Waals surface area contributed by atoms with Gasteiger partial charge in [-0.3, -0.25) is 9.59 Å². The lowest BCUT2D eigenvalue weighted by Crippen LogP contribution is -2.50. The molecule has 1 atom stereocenters. The molecule has 178 valence electrons. The van der Waals surface area contributed by atoms with Crippen molar-refractivity contribution in [3.8, 4) is 0 Å². The largest absolute Gasteiger partial charge is 0.357 e. The monoisotopic (exact) mass is 478 g/mol. The van der Waals surface area contributed by atoms with E-state index in [2.05, 4.69) is 37.4 Å². The minimum Gasteiger partial charge on any atom is -0.357 e. The molecule has 3 rings (SSSR count). The zero-order valence-electron chi connectivity index (χ0n) is 19.9. The number of benzene rings is 3. The summed E-state index contributed by atoms with van der Waals surface area (Å²) >= 11 is 1.53. The van der Waals surface area contributed by atoms with Crippen LogP contribution in [0.1, 0.15) is 27.8 Å². The summed E-state index contributed by atoms with van der Waals surface area (Å²) in [6.45, 7) is 4.36. The second kappa shape index (κ2) is 12.4. The van der Waals surface area contributed by atoms with Crippen LogP contribution in [0.15, 0.2) is 72.8 Å². The molecule has 0 bridgehead atoms. The van der Waals surface area contributed by atoms with Crippen LogP contribution in [-0.2, 0) is 28.3 Å².